The molecule has 0 aliphatic carbocycles. The number of likely N-dealkylation sites (tertiary alicyclic amines) is 1. The van der Waals surface area contributed by atoms with Crippen LogP contribution in [0.2, 0.25) is 0 Å². The zero-order chi connectivity index (χ0) is 13.7. The fourth-order valence-electron chi connectivity index (χ4n) is 2.66. The van der Waals surface area contributed by atoms with Gasteiger partial charge in [0.1, 0.15) is 5.82 Å². The first-order chi connectivity index (χ1) is 9.20. The van der Waals surface area contributed by atoms with Gasteiger partial charge in [-0.25, -0.2) is 4.39 Å². The molecule has 1 N–H and O–H groups in total. The van der Waals surface area contributed by atoms with Crippen LogP contribution in [-0.4, -0.2) is 37.5 Å². The molecule has 1 aliphatic rings. The number of hydrogen-bond donors (Lipinski definition) is 1. The molecule has 3 nitrogen and oxygen atoms in total. The van der Waals surface area contributed by atoms with E-state index in [1.807, 2.05) is 11.9 Å². The van der Waals surface area contributed by atoms with E-state index >= 15 is 0 Å². The smallest absolute Gasteiger partial charge is 0.227 e. The number of carbonyl (C=O) groups is 1. The number of carbonyl (C=O) groups excluding carboxylic acids is 1. The molecule has 0 saturated carbocycles. The van der Waals surface area contributed by atoms with E-state index in [1.54, 1.807) is 18.2 Å². The summed E-state index contributed by atoms with van der Waals surface area (Å²) in [6.45, 7) is 2.52. The zero-order valence-electron chi connectivity index (χ0n) is 11.8. The maximum absolute atomic E-state index is 13.5. The predicted octanol–water partition coefficient (Wildman–Crippen LogP) is 2.25. The van der Waals surface area contributed by atoms with Crippen LogP contribution >= 0.6 is 12.4 Å². The van der Waals surface area contributed by atoms with Crippen molar-refractivity contribution < 1.29 is 9.18 Å². The summed E-state index contributed by atoms with van der Waals surface area (Å²) in [6, 6.07) is 6.50. The monoisotopic (exact) mass is 300 g/mol. The van der Waals surface area contributed by atoms with Crippen LogP contribution in [0.4, 0.5) is 4.39 Å². The second-order valence-electron chi connectivity index (χ2n) is 5.17. The predicted molar refractivity (Wildman–Crippen MR) is 80.6 cm³/mol. The van der Waals surface area contributed by atoms with Gasteiger partial charge in [0.15, 0.2) is 0 Å². The number of nitrogens with one attached hydrogen (secondary N) is 1. The van der Waals surface area contributed by atoms with E-state index in [2.05, 4.69) is 5.32 Å². The van der Waals surface area contributed by atoms with E-state index in [0.29, 0.717) is 11.5 Å². The summed E-state index contributed by atoms with van der Waals surface area (Å²) in [6.07, 6.45) is 2.36. The normalized spacial score (nSPS) is 18.5. The van der Waals surface area contributed by atoms with Crippen LogP contribution in [-0.2, 0) is 11.2 Å². The molecule has 112 valence electrons. The van der Waals surface area contributed by atoms with Crippen molar-refractivity contribution in [2.45, 2.75) is 19.3 Å². The molecule has 2 rings (SSSR count). The van der Waals surface area contributed by atoms with Crippen LogP contribution < -0.4 is 5.32 Å². The van der Waals surface area contributed by atoms with Gasteiger partial charge in [-0.15, -0.1) is 12.4 Å². The highest BCUT2D eigenvalue weighted by Gasteiger charge is 2.23. The molecule has 1 aliphatic heterocycles. The Hall–Kier alpha value is -1.13. The molecule has 1 heterocycles. The largest absolute Gasteiger partial charge is 0.342 e. The Balaban J connectivity index is 0.00000200. The Morgan fingerprint density at radius 3 is 2.90 bits per heavy atom. The Morgan fingerprint density at radius 2 is 2.20 bits per heavy atom. The maximum atomic E-state index is 13.5. The van der Waals surface area contributed by atoms with Crippen LogP contribution in [0.15, 0.2) is 24.3 Å². The van der Waals surface area contributed by atoms with Crippen LogP contribution in [0.5, 0.6) is 0 Å². The second kappa shape index (κ2) is 8.22. The highest BCUT2D eigenvalue weighted by atomic mass is 35.5. The third-order valence-corrected chi connectivity index (χ3v) is 3.66. The van der Waals surface area contributed by atoms with Crippen molar-refractivity contribution in [3.63, 3.8) is 0 Å². The quantitative estimate of drug-likeness (QED) is 0.925. The molecular formula is C15H22ClFN2O. The van der Waals surface area contributed by atoms with E-state index in [-0.39, 0.29) is 30.6 Å². The SMILES string of the molecule is CNCC1CCCN(C(=O)Cc2ccccc2F)C1.Cl. The van der Waals surface area contributed by atoms with Gasteiger partial charge < -0.3 is 10.2 Å². The number of hydrogen-bond acceptors (Lipinski definition) is 2. The first-order valence-electron chi connectivity index (χ1n) is 6.86. The van der Waals surface area contributed by atoms with Crippen molar-refractivity contribution in [1.29, 1.82) is 0 Å². The lowest BCUT2D eigenvalue weighted by Crippen LogP contribution is -2.43. The highest BCUT2D eigenvalue weighted by Crippen LogP contribution is 2.17. The van der Waals surface area contributed by atoms with Gasteiger partial charge in [-0.2, -0.15) is 0 Å². The molecule has 0 radical (unpaired) electrons. The van der Waals surface area contributed by atoms with Gasteiger partial charge in [0.05, 0.1) is 6.42 Å². The molecule has 1 amide bonds. The van der Waals surface area contributed by atoms with E-state index in [4.69, 9.17) is 0 Å². The first kappa shape index (κ1) is 16.9. The third-order valence-electron chi connectivity index (χ3n) is 3.66. The first-order valence-corrected chi connectivity index (χ1v) is 6.86. The molecule has 0 bridgehead atoms. The molecular weight excluding hydrogens is 279 g/mol. The second-order valence-corrected chi connectivity index (χ2v) is 5.17. The Bertz CT molecular complexity index is 440. The molecule has 5 heteroatoms. The Kier molecular flexibility index (Phi) is 6.96. The Morgan fingerprint density at radius 1 is 1.45 bits per heavy atom. The van der Waals surface area contributed by atoms with E-state index < -0.39 is 0 Å². The molecule has 1 atom stereocenters. The van der Waals surface area contributed by atoms with Gasteiger partial charge in [0, 0.05) is 13.1 Å². The topological polar surface area (TPSA) is 32.3 Å². The van der Waals surface area contributed by atoms with E-state index in [1.165, 1.54) is 6.07 Å². The number of amides is 1. The fourth-order valence-corrected chi connectivity index (χ4v) is 2.66. The van der Waals surface area contributed by atoms with E-state index in [0.717, 1.165) is 32.5 Å². The molecule has 20 heavy (non-hydrogen) atoms. The molecule has 0 spiro atoms. The molecule has 1 aromatic carbocycles. The van der Waals surface area contributed by atoms with Gasteiger partial charge >= 0.3 is 0 Å². The number of rotatable bonds is 4. The number of halogens is 2. The third kappa shape index (κ3) is 4.46. The summed E-state index contributed by atoms with van der Waals surface area (Å²) in [5.41, 5.74) is 0.489. The van der Waals surface area contributed by atoms with Gasteiger partial charge in [-0.05, 0) is 44.0 Å². The number of nitrogens with zero attached hydrogens (tertiary/aromatic N) is 1. The van der Waals surface area contributed by atoms with Crippen molar-refractivity contribution in [2.75, 3.05) is 26.7 Å². The van der Waals surface area contributed by atoms with Crippen LogP contribution in [0.3, 0.4) is 0 Å². The Labute approximate surface area is 125 Å². The summed E-state index contributed by atoms with van der Waals surface area (Å²) < 4.78 is 13.5. The molecule has 1 aromatic rings. The molecule has 1 saturated heterocycles. The van der Waals surface area contributed by atoms with Crippen molar-refractivity contribution in [3.05, 3.63) is 35.6 Å². The number of benzene rings is 1. The van der Waals surface area contributed by atoms with Gasteiger partial charge in [0.2, 0.25) is 5.91 Å². The molecule has 1 unspecified atom stereocenters. The minimum absolute atomic E-state index is 0. The lowest BCUT2D eigenvalue weighted by atomic mass is 9.97. The van der Waals surface area contributed by atoms with Crippen LogP contribution in [0.25, 0.3) is 0 Å². The van der Waals surface area contributed by atoms with Gasteiger partial charge in [-0.3, -0.25) is 4.79 Å². The molecule has 1 fully saturated rings. The average molecular weight is 301 g/mol. The van der Waals surface area contributed by atoms with Gasteiger partial charge in [-0.1, -0.05) is 18.2 Å². The maximum Gasteiger partial charge on any atom is 0.227 e. The summed E-state index contributed by atoms with van der Waals surface area (Å²) in [7, 11) is 1.93. The summed E-state index contributed by atoms with van der Waals surface area (Å²) in [5, 5.41) is 3.16. The minimum atomic E-state index is -0.292. The fraction of sp³-hybridized carbons (Fsp3) is 0.533. The molecule has 0 aromatic heterocycles. The minimum Gasteiger partial charge on any atom is -0.342 e. The zero-order valence-corrected chi connectivity index (χ0v) is 12.6. The summed E-state index contributed by atoms with van der Waals surface area (Å²) in [4.78, 5) is 14.1. The van der Waals surface area contributed by atoms with Crippen molar-refractivity contribution in [3.8, 4) is 0 Å². The standard InChI is InChI=1S/C15H21FN2O.ClH/c1-17-10-12-5-4-8-18(11-12)15(19)9-13-6-2-3-7-14(13)16;/h2-3,6-7,12,17H,4-5,8-11H2,1H3;1H. The summed E-state index contributed by atoms with van der Waals surface area (Å²) >= 11 is 0. The highest BCUT2D eigenvalue weighted by molar-refractivity contribution is 5.85. The lowest BCUT2D eigenvalue weighted by Gasteiger charge is -2.32. The summed E-state index contributed by atoms with van der Waals surface area (Å²) in [5.74, 6) is 0.258. The number of piperidine rings is 1. The average Bonchev–Trinajstić information content (AvgIpc) is 2.42. The van der Waals surface area contributed by atoms with Crippen LogP contribution in [0, 0.1) is 11.7 Å². The van der Waals surface area contributed by atoms with Crippen LogP contribution in [0.1, 0.15) is 18.4 Å². The van der Waals surface area contributed by atoms with E-state index in [9.17, 15) is 9.18 Å². The van der Waals surface area contributed by atoms with Gasteiger partial charge in [0.25, 0.3) is 0 Å². The van der Waals surface area contributed by atoms with Crippen molar-refractivity contribution in [2.24, 2.45) is 5.92 Å². The van der Waals surface area contributed by atoms with Crippen molar-refractivity contribution in [1.82, 2.24) is 10.2 Å². The van der Waals surface area contributed by atoms with Crippen molar-refractivity contribution >= 4 is 18.3 Å². The lowest BCUT2D eigenvalue weighted by molar-refractivity contribution is -0.132.